The van der Waals surface area contributed by atoms with Gasteiger partial charge in [0, 0.05) is 6.54 Å². The van der Waals surface area contributed by atoms with Gasteiger partial charge < -0.3 is 10.1 Å². The quantitative estimate of drug-likeness (QED) is 0.323. The predicted molar refractivity (Wildman–Crippen MR) is 75.7 cm³/mol. The Bertz CT molecular complexity index is 390. The highest BCUT2D eigenvalue weighted by Crippen LogP contribution is 2.23. The van der Waals surface area contributed by atoms with E-state index in [-0.39, 0.29) is 0 Å². The van der Waals surface area contributed by atoms with Crippen LogP contribution >= 0.6 is 0 Å². The van der Waals surface area contributed by atoms with Crippen molar-refractivity contribution in [2.75, 3.05) is 18.5 Å². The molecule has 0 aliphatic rings. The Labute approximate surface area is 108 Å². The van der Waals surface area contributed by atoms with Crippen LogP contribution in [-0.4, -0.2) is 19.1 Å². The molecule has 100 valence electrons. The summed E-state index contributed by atoms with van der Waals surface area (Å²) in [6.45, 7) is 7.49. The molecule has 0 heterocycles. The molecule has 18 heavy (non-hydrogen) atoms. The Balaban J connectivity index is 2.78. The van der Waals surface area contributed by atoms with Crippen LogP contribution in [0.4, 0.5) is 5.69 Å². The molecule has 0 aromatic heterocycles. The fraction of sp³-hybridized carbons (Fsp3) is 0.462. The van der Waals surface area contributed by atoms with Crippen molar-refractivity contribution in [1.29, 1.82) is 0 Å². The molecule has 0 spiro atoms. The van der Waals surface area contributed by atoms with E-state index in [2.05, 4.69) is 29.6 Å². The Morgan fingerprint density at radius 2 is 2.11 bits per heavy atom. The van der Waals surface area contributed by atoms with Crippen molar-refractivity contribution in [3.8, 4) is 5.75 Å². The average molecular weight is 250 g/mol. The van der Waals surface area contributed by atoms with Crippen molar-refractivity contribution in [3.05, 3.63) is 24.3 Å². The van der Waals surface area contributed by atoms with E-state index in [1.54, 1.807) is 0 Å². The third-order valence-corrected chi connectivity index (χ3v) is 2.19. The minimum Gasteiger partial charge on any atom is -0.492 e. The van der Waals surface area contributed by atoms with Gasteiger partial charge in [-0.2, -0.15) is 0 Å². The number of nitrogens with zero attached hydrogens (tertiary/aromatic N) is 1. The number of hydrogen-bond acceptors (Lipinski definition) is 3. The number of anilines is 1. The third-order valence-electron chi connectivity index (χ3n) is 2.19. The second kappa shape index (κ2) is 7.55. The summed E-state index contributed by atoms with van der Waals surface area (Å²) < 4.78 is 5.52. The SMILES string of the molecule is CCOc1ccccc1NC(=NCC(C)C)NN. The molecule has 0 atom stereocenters. The van der Waals surface area contributed by atoms with Gasteiger partial charge in [0.15, 0.2) is 0 Å². The third kappa shape index (κ3) is 4.63. The van der Waals surface area contributed by atoms with Crippen LogP contribution < -0.4 is 21.3 Å². The van der Waals surface area contributed by atoms with Gasteiger partial charge in [0.25, 0.3) is 0 Å². The zero-order valence-electron chi connectivity index (χ0n) is 11.2. The van der Waals surface area contributed by atoms with Crippen molar-refractivity contribution in [3.63, 3.8) is 0 Å². The molecular weight excluding hydrogens is 228 g/mol. The number of hydrogen-bond donors (Lipinski definition) is 3. The van der Waals surface area contributed by atoms with E-state index in [1.165, 1.54) is 0 Å². The highest BCUT2D eigenvalue weighted by atomic mass is 16.5. The molecule has 0 saturated heterocycles. The lowest BCUT2D eigenvalue weighted by Crippen LogP contribution is -2.36. The lowest BCUT2D eigenvalue weighted by atomic mass is 10.2. The molecule has 0 amide bonds. The number of aliphatic imine (C=N–C) groups is 1. The second-order valence-corrected chi connectivity index (χ2v) is 4.28. The molecule has 0 unspecified atom stereocenters. The van der Waals surface area contributed by atoms with E-state index in [9.17, 15) is 0 Å². The number of nitrogens with one attached hydrogen (secondary N) is 2. The molecule has 1 aromatic rings. The summed E-state index contributed by atoms with van der Waals surface area (Å²) >= 11 is 0. The van der Waals surface area contributed by atoms with E-state index in [1.807, 2.05) is 31.2 Å². The van der Waals surface area contributed by atoms with Gasteiger partial charge in [-0.15, -0.1) is 0 Å². The van der Waals surface area contributed by atoms with Crippen LogP contribution in [0.15, 0.2) is 29.3 Å². The van der Waals surface area contributed by atoms with Gasteiger partial charge in [-0.25, -0.2) is 5.84 Å². The maximum atomic E-state index is 5.52. The molecule has 5 nitrogen and oxygen atoms in total. The minimum atomic E-state index is 0.484. The van der Waals surface area contributed by atoms with Crippen LogP contribution in [0.3, 0.4) is 0 Å². The summed E-state index contributed by atoms with van der Waals surface area (Å²) in [6.07, 6.45) is 0. The summed E-state index contributed by atoms with van der Waals surface area (Å²) in [5.74, 6) is 7.25. The van der Waals surface area contributed by atoms with E-state index >= 15 is 0 Å². The highest BCUT2D eigenvalue weighted by Gasteiger charge is 2.04. The number of ether oxygens (including phenoxy) is 1. The van der Waals surface area contributed by atoms with Crippen LogP contribution in [0.5, 0.6) is 5.75 Å². The van der Waals surface area contributed by atoms with Crippen molar-refractivity contribution >= 4 is 11.6 Å². The van der Waals surface area contributed by atoms with Crippen molar-refractivity contribution < 1.29 is 4.74 Å². The Morgan fingerprint density at radius 3 is 2.72 bits per heavy atom. The number of rotatable bonds is 5. The first-order valence-electron chi connectivity index (χ1n) is 6.17. The van der Waals surface area contributed by atoms with Crippen molar-refractivity contribution in [1.82, 2.24) is 5.43 Å². The van der Waals surface area contributed by atoms with Crippen LogP contribution in [-0.2, 0) is 0 Å². The Kier molecular flexibility index (Phi) is 6.00. The molecule has 4 N–H and O–H groups in total. The van der Waals surface area contributed by atoms with Crippen LogP contribution in [0.2, 0.25) is 0 Å². The predicted octanol–water partition coefficient (Wildman–Crippen LogP) is 1.97. The topological polar surface area (TPSA) is 71.7 Å². The van der Waals surface area contributed by atoms with Gasteiger partial charge in [0.2, 0.25) is 5.96 Å². The summed E-state index contributed by atoms with van der Waals surface area (Å²) in [6, 6.07) is 7.69. The Hall–Kier alpha value is -1.75. The van der Waals surface area contributed by atoms with Crippen molar-refractivity contribution in [2.24, 2.45) is 16.8 Å². The molecule has 5 heteroatoms. The molecule has 0 aliphatic heterocycles. The first-order chi connectivity index (χ1) is 8.67. The normalized spacial score (nSPS) is 11.5. The molecular formula is C13H22N4O. The lowest BCUT2D eigenvalue weighted by Gasteiger charge is -2.13. The van der Waals surface area contributed by atoms with Gasteiger partial charge >= 0.3 is 0 Å². The summed E-state index contributed by atoms with van der Waals surface area (Å²) in [7, 11) is 0. The smallest absolute Gasteiger partial charge is 0.210 e. The summed E-state index contributed by atoms with van der Waals surface area (Å²) in [5, 5.41) is 3.13. The van der Waals surface area contributed by atoms with Crippen molar-refractivity contribution in [2.45, 2.75) is 20.8 Å². The molecule has 0 aliphatic carbocycles. The zero-order valence-corrected chi connectivity index (χ0v) is 11.2. The first kappa shape index (κ1) is 14.3. The van der Waals surface area contributed by atoms with Crippen LogP contribution in [0.1, 0.15) is 20.8 Å². The van der Waals surface area contributed by atoms with Gasteiger partial charge in [-0.1, -0.05) is 26.0 Å². The molecule has 0 fully saturated rings. The number of benzene rings is 1. The second-order valence-electron chi connectivity index (χ2n) is 4.28. The fourth-order valence-electron chi connectivity index (χ4n) is 1.37. The largest absolute Gasteiger partial charge is 0.492 e. The highest BCUT2D eigenvalue weighted by molar-refractivity contribution is 5.94. The van der Waals surface area contributed by atoms with Gasteiger partial charge in [-0.05, 0) is 25.0 Å². The van der Waals surface area contributed by atoms with E-state index in [0.717, 1.165) is 11.4 Å². The number of nitrogens with two attached hydrogens (primary N) is 1. The maximum absolute atomic E-state index is 5.52. The van der Waals surface area contributed by atoms with Gasteiger partial charge in [-0.3, -0.25) is 10.4 Å². The first-order valence-corrected chi connectivity index (χ1v) is 6.17. The monoisotopic (exact) mass is 250 g/mol. The molecule has 0 radical (unpaired) electrons. The zero-order chi connectivity index (χ0) is 13.4. The van der Waals surface area contributed by atoms with Gasteiger partial charge in [0.05, 0.1) is 12.3 Å². The standard InChI is InChI=1S/C13H22N4O/c1-4-18-12-8-6-5-7-11(12)16-13(17-14)15-9-10(2)3/h5-8,10H,4,9,14H2,1-3H3,(H2,15,16,17). The molecule has 0 saturated carbocycles. The molecule has 1 aromatic carbocycles. The molecule has 1 rings (SSSR count). The van der Waals surface area contributed by atoms with E-state index in [0.29, 0.717) is 25.0 Å². The average Bonchev–Trinajstić information content (AvgIpc) is 2.36. The Morgan fingerprint density at radius 1 is 1.39 bits per heavy atom. The number of para-hydroxylation sites is 2. The van der Waals surface area contributed by atoms with Crippen LogP contribution in [0, 0.1) is 5.92 Å². The lowest BCUT2D eigenvalue weighted by molar-refractivity contribution is 0.342. The van der Waals surface area contributed by atoms with Gasteiger partial charge in [0.1, 0.15) is 5.75 Å². The minimum absolute atomic E-state index is 0.484. The maximum Gasteiger partial charge on any atom is 0.210 e. The summed E-state index contributed by atoms with van der Waals surface area (Å²) in [5.41, 5.74) is 3.41. The summed E-state index contributed by atoms with van der Waals surface area (Å²) in [4.78, 5) is 4.35. The van der Waals surface area contributed by atoms with Crippen LogP contribution in [0.25, 0.3) is 0 Å². The van der Waals surface area contributed by atoms with E-state index in [4.69, 9.17) is 10.6 Å². The van der Waals surface area contributed by atoms with E-state index < -0.39 is 0 Å². The number of guanidine groups is 1. The fourth-order valence-corrected chi connectivity index (χ4v) is 1.37. The number of hydrazine groups is 1. The molecule has 0 bridgehead atoms.